The van der Waals surface area contributed by atoms with Gasteiger partial charge < -0.3 is 19.7 Å². The maximum absolute atomic E-state index is 5.44. The summed E-state index contributed by atoms with van der Waals surface area (Å²) in [5.41, 5.74) is 2.61. The highest BCUT2D eigenvalue weighted by molar-refractivity contribution is 14.0. The smallest absolute Gasteiger partial charge is 0.194 e. The molecule has 1 aromatic carbocycles. The van der Waals surface area contributed by atoms with Gasteiger partial charge in [-0.1, -0.05) is 13.8 Å². The summed E-state index contributed by atoms with van der Waals surface area (Å²) in [5.74, 6) is 3.16. The zero-order chi connectivity index (χ0) is 16.8. The van der Waals surface area contributed by atoms with Crippen molar-refractivity contribution in [3.8, 4) is 11.5 Å². The highest BCUT2D eigenvalue weighted by atomic mass is 127. The molecule has 0 saturated carbocycles. The second kappa shape index (κ2) is 9.96. The van der Waals surface area contributed by atoms with Crippen molar-refractivity contribution >= 4 is 29.9 Å². The van der Waals surface area contributed by atoms with Crippen LogP contribution in [0.25, 0.3) is 0 Å². The van der Waals surface area contributed by atoms with Crippen molar-refractivity contribution in [3.63, 3.8) is 0 Å². The van der Waals surface area contributed by atoms with Crippen LogP contribution in [0.4, 0.5) is 0 Å². The first kappa shape index (κ1) is 20.9. The van der Waals surface area contributed by atoms with Gasteiger partial charge in [0, 0.05) is 26.2 Å². The van der Waals surface area contributed by atoms with Crippen molar-refractivity contribution in [1.82, 2.24) is 10.2 Å². The van der Waals surface area contributed by atoms with E-state index in [0.717, 1.165) is 50.1 Å². The van der Waals surface area contributed by atoms with Crippen LogP contribution in [0.15, 0.2) is 17.1 Å². The van der Waals surface area contributed by atoms with E-state index in [9.17, 15) is 0 Å². The van der Waals surface area contributed by atoms with Crippen LogP contribution in [0.5, 0.6) is 11.5 Å². The standard InChI is InChI=1S/C18H29N3O2.HI/c1-6-19-18(20-11-13(2)3)21-8-7-14-9-16(22-4)17(23-5)10-15(14)12-21;/h9-10,13H,6-8,11-12H2,1-5H3,(H,19,20);1H. The minimum atomic E-state index is 0. The highest BCUT2D eigenvalue weighted by Gasteiger charge is 2.21. The van der Waals surface area contributed by atoms with E-state index in [2.05, 4.69) is 43.1 Å². The Kier molecular flexibility index (Phi) is 8.66. The fourth-order valence-corrected chi connectivity index (χ4v) is 2.76. The Balaban J connectivity index is 0.00000288. The van der Waals surface area contributed by atoms with Crippen LogP contribution in [-0.4, -0.2) is 44.7 Å². The molecule has 0 fully saturated rings. The number of aliphatic imine (C=N–C) groups is 1. The Hall–Kier alpha value is -1.18. The molecule has 136 valence electrons. The third-order valence-corrected chi connectivity index (χ3v) is 3.96. The van der Waals surface area contributed by atoms with Gasteiger partial charge in [-0.2, -0.15) is 0 Å². The zero-order valence-corrected chi connectivity index (χ0v) is 17.7. The molecule has 6 heteroatoms. The molecule has 0 amide bonds. The number of guanidine groups is 1. The lowest BCUT2D eigenvalue weighted by atomic mass is 9.99. The molecule has 1 heterocycles. The zero-order valence-electron chi connectivity index (χ0n) is 15.4. The van der Waals surface area contributed by atoms with Gasteiger partial charge in [0.15, 0.2) is 17.5 Å². The molecule has 0 aromatic heterocycles. The van der Waals surface area contributed by atoms with E-state index in [4.69, 9.17) is 14.5 Å². The molecule has 0 spiro atoms. The second-order valence-corrected chi connectivity index (χ2v) is 6.24. The number of methoxy groups -OCH3 is 2. The molecular weight excluding hydrogens is 417 g/mol. The largest absolute Gasteiger partial charge is 0.493 e. The van der Waals surface area contributed by atoms with Gasteiger partial charge in [0.1, 0.15) is 0 Å². The maximum atomic E-state index is 5.44. The Morgan fingerprint density at radius 1 is 1.21 bits per heavy atom. The van der Waals surface area contributed by atoms with Crippen molar-refractivity contribution in [2.75, 3.05) is 33.9 Å². The summed E-state index contributed by atoms with van der Waals surface area (Å²) in [6.07, 6.45) is 0.988. The minimum absolute atomic E-state index is 0. The van der Waals surface area contributed by atoms with E-state index in [1.165, 1.54) is 11.1 Å². The maximum Gasteiger partial charge on any atom is 0.194 e. The molecule has 1 N–H and O–H groups in total. The van der Waals surface area contributed by atoms with Crippen LogP contribution in [0.1, 0.15) is 31.9 Å². The summed E-state index contributed by atoms with van der Waals surface area (Å²) < 4.78 is 10.8. The van der Waals surface area contributed by atoms with Crippen LogP contribution in [0.2, 0.25) is 0 Å². The Morgan fingerprint density at radius 2 is 1.83 bits per heavy atom. The predicted octanol–water partition coefficient (Wildman–Crippen LogP) is 3.30. The monoisotopic (exact) mass is 447 g/mol. The summed E-state index contributed by atoms with van der Waals surface area (Å²) in [6.45, 7) is 10.0. The van der Waals surface area contributed by atoms with E-state index < -0.39 is 0 Å². The summed E-state index contributed by atoms with van der Waals surface area (Å²) in [6, 6.07) is 4.19. The quantitative estimate of drug-likeness (QED) is 0.428. The van der Waals surface area contributed by atoms with Gasteiger partial charge in [-0.3, -0.25) is 4.99 Å². The third-order valence-electron chi connectivity index (χ3n) is 3.96. The van der Waals surface area contributed by atoms with E-state index in [1.54, 1.807) is 14.2 Å². The number of hydrogen-bond donors (Lipinski definition) is 1. The van der Waals surface area contributed by atoms with Crippen molar-refractivity contribution in [3.05, 3.63) is 23.3 Å². The molecule has 0 unspecified atom stereocenters. The molecule has 1 aliphatic rings. The number of nitrogens with one attached hydrogen (secondary N) is 1. The number of ether oxygens (including phenoxy) is 2. The Labute approximate surface area is 162 Å². The van der Waals surface area contributed by atoms with Gasteiger partial charge in [-0.15, -0.1) is 24.0 Å². The van der Waals surface area contributed by atoms with Crippen molar-refractivity contribution < 1.29 is 9.47 Å². The number of halogens is 1. The van der Waals surface area contributed by atoms with E-state index in [-0.39, 0.29) is 24.0 Å². The van der Waals surface area contributed by atoms with Crippen molar-refractivity contribution in [1.29, 1.82) is 0 Å². The summed E-state index contributed by atoms with van der Waals surface area (Å²) in [7, 11) is 3.36. The number of fused-ring (bicyclic) bond motifs is 1. The molecule has 0 bridgehead atoms. The minimum Gasteiger partial charge on any atom is -0.493 e. The van der Waals surface area contributed by atoms with E-state index >= 15 is 0 Å². The van der Waals surface area contributed by atoms with Crippen molar-refractivity contribution in [2.24, 2.45) is 10.9 Å². The van der Waals surface area contributed by atoms with Crippen molar-refractivity contribution in [2.45, 2.75) is 33.7 Å². The lowest BCUT2D eigenvalue weighted by Gasteiger charge is -2.32. The summed E-state index contributed by atoms with van der Waals surface area (Å²) in [4.78, 5) is 7.08. The summed E-state index contributed by atoms with van der Waals surface area (Å²) >= 11 is 0. The lowest BCUT2D eigenvalue weighted by Crippen LogP contribution is -2.44. The molecular formula is C18H30IN3O2. The van der Waals surface area contributed by atoms with Crippen LogP contribution >= 0.6 is 24.0 Å². The first-order valence-corrected chi connectivity index (χ1v) is 8.36. The molecule has 1 aliphatic heterocycles. The van der Waals surface area contributed by atoms with Gasteiger partial charge in [0.2, 0.25) is 0 Å². The molecule has 2 rings (SSSR count). The first-order valence-electron chi connectivity index (χ1n) is 8.36. The van der Waals surface area contributed by atoms with Crippen LogP contribution in [0, 0.1) is 5.92 Å². The highest BCUT2D eigenvalue weighted by Crippen LogP contribution is 2.33. The molecule has 0 saturated heterocycles. The Bertz CT molecular complexity index is 561. The number of rotatable bonds is 5. The first-order chi connectivity index (χ1) is 11.1. The number of hydrogen-bond acceptors (Lipinski definition) is 3. The van der Waals surface area contributed by atoms with E-state index in [1.807, 2.05) is 0 Å². The number of benzene rings is 1. The summed E-state index contributed by atoms with van der Waals surface area (Å²) in [5, 5.41) is 3.41. The third kappa shape index (κ3) is 5.16. The Morgan fingerprint density at radius 3 is 2.38 bits per heavy atom. The average Bonchev–Trinajstić information content (AvgIpc) is 2.56. The van der Waals surface area contributed by atoms with Crippen LogP contribution in [0.3, 0.4) is 0 Å². The van der Waals surface area contributed by atoms with Gasteiger partial charge in [-0.05, 0) is 42.5 Å². The molecule has 1 aromatic rings. The predicted molar refractivity (Wildman–Crippen MR) is 110 cm³/mol. The van der Waals surface area contributed by atoms with Gasteiger partial charge >= 0.3 is 0 Å². The van der Waals surface area contributed by atoms with Gasteiger partial charge in [0.25, 0.3) is 0 Å². The number of nitrogens with zero attached hydrogens (tertiary/aromatic N) is 2. The van der Waals surface area contributed by atoms with Crippen LogP contribution in [-0.2, 0) is 13.0 Å². The second-order valence-electron chi connectivity index (χ2n) is 6.24. The molecule has 5 nitrogen and oxygen atoms in total. The van der Waals surface area contributed by atoms with E-state index in [0.29, 0.717) is 5.92 Å². The fraction of sp³-hybridized carbons (Fsp3) is 0.611. The molecule has 24 heavy (non-hydrogen) atoms. The average molecular weight is 447 g/mol. The lowest BCUT2D eigenvalue weighted by molar-refractivity contribution is 0.345. The molecule has 0 aliphatic carbocycles. The normalized spacial score (nSPS) is 14.1. The molecule has 0 radical (unpaired) electrons. The fourth-order valence-electron chi connectivity index (χ4n) is 2.76. The topological polar surface area (TPSA) is 46.1 Å². The van der Waals surface area contributed by atoms with Crippen LogP contribution < -0.4 is 14.8 Å². The molecule has 0 atom stereocenters. The van der Waals surface area contributed by atoms with Gasteiger partial charge in [0.05, 0.1) is 14.2 Å². The SMILES string of the molecule is CCNC(=NCC(C)C)N1CCc2cc(OC)c(OC)cc2C1.I. The van der Waals surface area contributed by atoms with Gasteiger partial charge in [-0.25, -0.2) is 0 Å².